The van der Waals surface area contributed by atoms with Gasteiger partial charge >= 0.3 is 0 Å². The van der Waals surface area contributed by atoms with Crippen molar-refractivity contribution in [3.8, 4) is 10.6 Å². The van der Waals surface area contributed by atoms with Crippen LogP contribution in [0, 0.1) is 5.95 Å². The molecule has 3 rings (SSSR count). The third-order valence-corrected chi connectivity index (χ3v) is 4.99. The van der Waals surface area contributed by atoms with Crippen LogP contribution in [0.15, 0.2) is 23.2 Å². The second-order valence-electron chi connectivity index (χ2n) is 4.05. The van der Waals surface area contributed by atoms with E-state index in [1.807, 2.05) is 0 Å². The molecule has 0 bridgehead atoms. The van der Waals surface area contributed by atoms with Crippen molar-refractivity contribution in [1.82, 2.24) is 19.8 Å². The van der Waals surface area contributed by atoms with Gasteiger partial charge in [-0.2, -0.15) is 9.49 Å². The molecule has 0 radical (unpaired) electrons. The number of nitrogens with zero attached hydrogens (tertiary/aromatic N) is 4. The molecule has 12 heteroatoms. The number of pyridine rings is 1. The van der Waals surface area contributed by atoms with Gasteiger partial charge in [-0.1, -0.05) is 11.3 Å². The molecule has 0 aliphatic heterocycles. The van der Waals surface area contributed by atoms with Gasteiger partial charge in [0.05, 0.1) is 22.2 Å². The van der Waals surface area contributed by atoms with Crippen LogP contribution in [0.1, 0.15) is 11.4 Å². The molecule has 0 aliphatic carbocycles. The Bertz CT molecular complexity index is 970. The van der Waals surface area contributed by atoms with Crippen LogP contribution in [-0.2, 0) is 9.05 Å². The van der Waals surface area contributed by atoms with Gasteiger partial charge in [0, 0.05) is 16.7 Å². The van der Waals surface area contributed by atoms with E-state index in [1.54, 1.807) is 0 Å². The maximum absolute atomic E-state index is 13.9. The second-order valence-corrected chi connectivity index (χ2v) is 7.63. The van der Waals surface area contributed by atoms with Crippen molar-refractivity contribution in [2.45, 2.75) is 11.3 Å². The average Bonchev–Trinajstić information content (AvgIpc) is 3.03. The molecule has 0 N–H and O–H groups in total. The van der Waals surface area contributed by atoms with E-state index in [0.29, 0.717) is 17.4 Å². The van der Waals surface area contributed by atoms with Crippen LogP contribution in [0.4, 0.5) is 13.2 Å². The lowest BCUT2D eigenvalue weighted by molar-refractivity contribution is 0.150. The Labute approximate surface area is 129 Å². The van der Waals surface area contributed by atoms with E-state index in [0.717, 1.165) is 10.6 Å². The van der Waals surface area contributed by atoms with E-state index in [9.17, 15) is 21.6 Å². The van der Waals surface area contributed by atoms with Gasteiger partial charge in [-0.05, 0) is 6.07 Å². The van der Waals surface area contributed by atoms with E-state index >= 15 is 0 Å². The Kier molecular flexibility index (Phi) is 3.57. The summed E-state index contributed by atoms with van der Waals surface area (Å²) in [5.41, 5.74) is 0.196. The molecule has 0 unspecified atom stereocenters. The fraction of sp³-hybridized carbons (Fsp3) is 0.100. The Morgan fingerprint density at radius 2 is 2.00 bits per heavy atom. The smallest absolute Gasteiger partial charge is 0.207 e. The van der Waals surface area contributed by atoms with Crippen LogP contribution in [0.25, 0.3) is 16.1 Å². The van der Waals surface area contributed by atoms with Gasteiger partial charge in [0.15, 0.2) is 10.0 Å². The Balaban J connectivity index is 2.24. The Morgan fingerprint density at radius 1 is 1.27 bits per heavy atom. The molecule has 116 valence electrons. The normalized spacial score (nSPS) is 12.4. The molecule has 0 saturated heterocycles. The summed E-state index contributed by atoms with van der Waals surface area (Å²) in [6.45, 7) is 0. The minimum absolute atomic E-state index is 0.0243. The number of rotatable bonds is 3. The third kappa shape index (κ3) is 2.55. The fourth-order valence-corrected chi connectivity index (χ4v) is 3.23. The van der Waals surface area contributed by atoms with Crippen LogP contribution in [0.2, 0.25) is 0 Å². The fourth-order valence-electron chi connectivity index (χ4n) is 1.76. The first-order valence-electron chi connectivity index (χ1n) is 5.51. The summed E-state index contributed by atoms with van der Waals surface area (Å²) in [5.74, 6) is -0.971. The maximum Gasteiger partial charge on any atom is 0.291 e. The van der Waals surface area contributed by atoms with Crippen LogP contribution in [0.5, 0.6) is 0 Å². The van der Waals surface area contributed by atoms with Crippen molar-refractivity contribution in [3.05, 3.63) is 29.3 Å². The highest BCUT2D eigenvalue weighted by atomic mass is 35.7. The quantitative estimate of drug-likeness (QED) is 0.525. The van der Waals surface area contributed by atoms with Crippen LogP contribution < -0.4 is 0 Å². The van der Waals surface area contributed by atoms with E-state index in [2.05, 4.69) is 15.3 Å². The number of fused-ring (bicyclic) bond motifs is 1. The van der Waals surface area contributed by atoms with E-state index < -0.39 is 31.3 Å². The van der Waals surface area contributed by atoms with Gasteiger partial charge in [0.1, 0.15) is 0 Å². The van der Waals surface area contributed by atoms with Gasteiger partial charge in [-0.3, -0.25) is 0 Å². The molecule has 22 heavy (non-hydrogen) atoms. The van der Waals surface area contributed by atoms with Gasteiger partial charge in [0.2, 0.25) is 5.95 Å². The van der Waals surface area contributed by atoms with Crippen molar-refractivity contribution < 1.29 is 21.6 Å². The summed E-state index contributed by atoms with van der Waals surface area (Å²) in [7, 11) is 1.03. The second kappa shape index (κ2) is 5.18. The Morgan fingerprint density at radius 3 is 2.59 bits per heavy atom. The lowest BCUT2D eigenvalue weighted by Gasteiger charge is -2.01. The molecule has 0 aromatic carbocycles. The minimum atomic E-state index is -4.16. The van der Waals surface area contributed by atoms with E-state index in [1.165, 1.54) is 6.20 Å². The van der Waals surface area contributed by atoms with Gasteiger partial charge in [-0.25, -0.2) is 21.7 Å². The van der Waals surface area contributed by atoms with Gasteiger partial charge in [-0.15, -0.1) is 10.2 Å². The molecule has 0 fully saturated rings. The number of halogens is 4. The molecule has 3 aromatic rings. The molecular weight excluding hydrogens is 365 g/mol. The van der Waals surface area contributed by atoms with Crippen LogP contribution in [0.3, 0.4) is 0 Å². The Hall–Kier alpha value is -1.72. The molecule has 0 aliphatic rings. The highest BCUT2D eigenvalue weighted by molar-refractivity contribution is 8.13. The number of hydrogen-bond donors (Lipinski definition) is 0. The van der Waals surface area contributed by atoms with Crippen molar-refractivity contribution in [1.29, 1.82) is 0 Å². The van der Waals surface area contributed by atoms with Crippen molar-refractivity contribution in [2.75, 3.05) is 0 Å². The van der Waals surface area contributed by atoms with E-state index in [4.69, 9.17) is 10.7 Å². The summed E-state index contributed by atoms with van der Waals surface area (Å²) >= 11 is 0.602. The monoisotopic (exact) mass is 368 g/mol. The van der Waals surface area contributed by atoms with E-state index in [-0.39, 0.29) is 16.1 Å². The average molecular weight is 369 g/mol. The predicted molar refractivity (Wildman–Crippen MR) is 72.0 cm³/mol. The van der Waals surface area contributed by atoms with Crippen molar-refractivity contribution in [3.63, 3.8) is 0 Å². The first kappa shape index (κ1) is 15.2. The number of aromatic nitrogens is 4. The lowest BCUT2D eigenvalue weighted by Crippen LogP contribution is -1.99. The molecule has 0 saturated carbocycles. The molecule has 6 nitrogen and oxygen atoms in total. The zero-order valence-corrected chi connectivity index (χ0v) is 12.6. The van der Waals surface area contributed by atoms with Gasteiger partial charge in [0.25, 0.3) is 15.5 Å². The molecule has 0 spiro atoms. The van der Waals surface area contributed by atoms with Gasteiger partial charge < -0.3 is 0 Å². The predicted octanol–water partition coefficient (Wildman–Crippen LogP) is 2.86. The molecule has 0 amide bonds. The summed E-state index contributed by atoms with van der Waals surface area (Å²) in [6, 6.07) is 1.79. The molecular formula is C10H4ClF3N4O2S2. The summed E-state index contributed by atoms with van der Waals surface area (Å²) < 4.78 is 62.4. The van der Waals surface area contributed by atoms with Crippen LogP contribution >= 0.6 is 22.0 Å². The zero-order valence-electron chi connectivity index (χ0n) is 10.2. The first-order valence-corrected chi connectivity index (χ1v) is 8.64. The molecule has 0 atom stereocenters. The standard InChI is InChI=1S/C10H4ClF3N4O2S2/c11-22(19,20)4-1-6-5(3-15-18(6)7(12)2-4)9-16-17-10(21-9)8(13)14/h1-3,8H. The first-order chi connectivity index (χ1) is 10.3. The zero-order chi connectivity index (χ0) is 16.1. The maximum atomic E-state index is 13.9. The largest absolute Gasteiger partial charge is 0.291 e. The lowest BCUT2D eigenvalue weighted by atomic mass is 10.3. The van der Waals surface area contributed by atoms with Crippen LogP contribution in [-0.4, -0.2) is 28.2 Å². The number of hydrogen-bond acceptors (Lipinski definition) is 6. The summed E-state index contributed by atoms with van der Waals surface area (Å²) in [5, 5.41) is 10.2. The highest BCUT2D eigenvalue weighted by Gasteiger charge is 2.21. The molecule has 3 heterocycles. The molecule has 3 aromatic heterocycles. The summed E-state index contributed by atoms with van der Waals surface area (Å²) in [6.07, 6.45) is -1.61. The summed E-state index contributed by atoms with van der Waals surface area (Å²) in [4.78, 5) is -0.473. The number of alkyl halides is 2. The highest BCUT2D eigenvalue weighted by Crippen LogP contribution is 2.32. The SMILES string of the molecule is O=S(=O)(Cl)c1cc(F)n2ncc(-c3nnc(C(F)F)s3)c2c1. The minimum Gasteiger partial charge on any atom is -0.207 e. The van der Waals surface area contributed by atoms with Crippen molar-refractivity contribution in [2.24, 2.45) is 0 Å². The van der Waals surface area contributed by atoms with Crippen molar-refractivity contribution >= 4 is 36.6 Å². The third-order valence-electron chi connectivity index (χ3n) is 2.69. The topological polar surface area (TPSA) is 77.2 Å².